The van der Waals surface area contributed by atoms with Gasteiger partial charge in [-0.05, 0) is 117 Å². The summed E-state index contributed by atoms with van der Waals surface area (Å²) in [5.74, 6) is -6.23. The van der Waals surface area contributed by atoms with E-state index in [1.54, 1.807) is 30.8 Å². The number of aryl methyl sites for hydroxylation is 3. The molecule has 4 aromatic carbocycles. The molecule has 23 nitrogen and oxygen atoms in total. The lowest BCUT2D eigenvalue weighted by Crippen LogP contribution is -2.47. The van der Waals surface area contributed by atoms with Gasteiger partial charge in [0.1, 0.15) is 41.7 Å². The standard InChI is InChI=1S/C15H12BrClF4N2O2.C15H22ClNO2.C14H13NO7S.C11H11Cl2NO2.C5H12NO4P/c1-6(2)25-14(24)7-4-8(10(18)5-9(7)17)12-11(16)13(15(19,20)21)23(3)22-12;1-5-13-8-6-7-11(2)15(13)17(14(18)9-16)12(3)10-19-4;1-23(21,22)8-5-6-9(10(7-8)15(19)20)14(18)13-11(16)3-2-4-12(13)17;1-7-6-16-9-5-3-2-4-8(9)14(7)11(15)10(12)13;1-11(9,10)3-2-4(6)5(7)8/h4-6H,1-3H3;6-8,12H,5,9-10H2,1-4H3;5-7,13H,2-4H2,1H3;2-5,7,10H,6H2,1H3;4H,2-3,6H2,1H3,(H,7,8)(H,9,10). The fourth-order valence-corrected chi connectivity index (χ4v) is 11.9. The number of amides is 2. The lowest BCUT2D eigenvalue weighted by Gasteiger charge is -2.35. The van der Waals surface area contributed by atoms with Crippen LogP contribution in [0.15, 0.2) is 82.2 Å². The summed E-state index contributed by atoms with van der Waals surface area (Å²) in [5, 5.41) is 22.9. The Labute approximate surface area is 568 Å². The first-order chi connectivity index (χ1) is 43.6. The lowest BCUT2D eigenvalue weighted by atomic mass is 9.81. The molecule has 94 heavy (non-hydrogen) atoms. The van der Waals surface area contributed by atoms with Crippen molar-refractivity contribution in [3.05, 3.63) is 126 Å². The van der Waals surface area contributed by atoms with E-state index in [4.69, 9.17) is 76.3 Å². The molecule has 1 aliphatic carbocycles. The number of rotatable bonds is 18. The number of nitrogens with two attached hydrogens (primary N) is 1. The van der Waals surface area contributed by atoms with Crippen LogP contribution < -0.4 is 20.3 Å². The molecule has 34 heteroatoms. The Balaban J connectivity index is 0.000000314. The number of methoxy groups -OCH3 is 1. The highest BCUT2D eigenvalue weighted by molar-refractivity contribution is 9.10. The second kappa shape index (κ2) is 36.1. The number of carbonyl (C=O) groups is 7. The van der Waals surface area contributed by atoms with Crippen molar-refractivity contribution < 1.29 is 93.2 Å². The number of esters is 1. The van der Waals surface area contributed by atoms with E-state index in [1.165, 1.54) is 6.66 Å². The summed E-state index contributed by atoms with van der Waals surface area (Å²) >= 11 is 25.7. The van der Waals surface area contributed by atoms with Crippen LogP contribution in [-0.2, 0) is 67.5 Å². The number of ketones is 3. The average Bonchev–Trinajstić information content (AvgIpc) is 1.46. The number of benzene rings is 4. The molecule has 2 aliphatic rings. The van der Waals surface area contributed by atoms with Crippen molar-refractivity contribution in [1.82, 2.24) is 9.78 Å². The maximum atomic E-state index is 14.3. The largest absolute Gasteiger partial charge is 0.489 e. The maximum Gasteiger partial charge on any atom is 0.434 e. The molecule has 1 saturated carbocycles. The van der Waals surface area contributed by atoms with Crippen LogP contribution in [0.25, 0.3) is 11.3 Å². The summed E-state index contributed by atoms with van der Waals surface area (Å²) in [5.41, 5.74) is 6.00. The van der Waals surface area contributed by atoms with Gasteiger partial charge in [0.05, 0.1) is 66.6 Å². The highest BCUT2D eigenvalue weighted by Crippen LogP contribution is 2.42. The fraction of sp³-hybridized carbons (Fsp3) is 0.433. The van der Waals surface area contributed by atoms with Gasteiger partial charge in [-0.15, -0.1) is 11.6 Å². The topological polar surface area (TPSA) is 332 Å². The van der Waals surface area contributed by atoms with E-state index in [-0.39, 0.29) is 81.9 Å². The molecule has 2 heterocycles. The van der Waals surface area contributed by atoms with Gasteiger partial charge in [-0.25, -0.2) is 17.6 Å². The highest BCUT2D eigenvalue weighted by atomic mass is 79.9. The predicted octanol–water partition coefficient (Wildman–Crippen LogP) is 11.8. The fourth-order valence-electron chi connectivity index (χ4n) is 9.16. The molecule has 1 aliphatic heterocycles. The SMILES string of the molecule is CC(C)OC(=O)c1cc(-c2nn(C)c(C(F)(F)F)c2Br)c(F)cc1Cl.CC1COc2ccccc2N1C(=O)C(Cl)Cl.CCc1cccc(C)c1N(C(=O)CCl)C(C)COC.CP(=O)(O)CCC(N)C(=O)O.CS(=O)(=O)c1ccc(C(=O)C2C(=O)CCCC2=O)c([N+](=O)[O-])c1. The zero-order chi connectivity index (χ0) is 71.7. The number of hydrogen-bond donors (Lipinski definition) is 3. The number of alkyl halides is 6. The number of nitrogens with zero attached hydrogens (tertiary/aromatic N) is 5. The van der Waals surface area contributed by atoms with Gasteiger partial charge in [0.15, 0.2) is 45.1 Å². The van der Waals surface area contributed by atoms with Crippen molar-refractivity contribution in [2.75, 3.05) is 55.1 Å². The van der Waals surface area contributed by atoms with Crippen molar-refractivity contribution >= 4 is 138 Å². The number of nitro groups is 1. The van der Waals surface area contributed by atoms with E-state index in [2.05, 4.69) is 34.0 Å². The number of halogens is 9. The minimum absolute atomic E-state index is 0.0223. The van der Waals surface area contributed by atoms with E-state index in [1.807, 2.05) is 57.2 Å². The summed E-state index contributed by atoms with van der Waals surface area (Å²) in [4.78, 5) is 103. The first-order valence-corrected chi connectivity index (χ1v) is 35.0. The van der Waals surface area contributed by atoms with Crippen molar-refractivity contribution in [2.45, 2.75) is 114 Å². The second-order valence-electron chi connectivity index (χ2n) is 21.5. The number of ether oxygens (including phenoxy) is 3. The van der Waals surface area contributed by atoms with Crippen LogP contribution in [0.3, 0.4) is 0 Å². The van der Waals surface area contributed by atoms with E-state index in [0.29, 0.717) is 30.1 Å². The van der Waals surface area contributed by atoms with Gasteiger partial charge in [-0.1, -0.05) is 72.1 Å². The van der Waals surface area contributed by atoms with Gasteiger partial charge in [-0.2, -0.15) is 18.3 Å². The molecule has 4 N–H and O–H groups in total. The maximum absolute atomic E-state index is 14.3. The first kappa shape index (κ1) is 81.8. The van der Waals surface area contributed by atoms with Crippen LogP contribution >= 0.6 is 69.7 Å². The number of aromatic nitrogens is 2. The van der Waals surface area contributed by atoms with Crippen LogP contribution in [0.5, 0.6) is 5.75 Å². The van der Waals surface area contributed by atoms with E-state index in [9.17, 15) is 74.2 Å². The molecule has 4 unspecified atom stereocenters. The number of nitro benzene ring substituents is 1. The first-order valence-electron chi connectivity index (χ1n) is 28.2. The van der Waals surface area contributed by atoms with E-state index in [0.717, 1.165) is 72.6 Å². The molecule has 0 bridgehead atoms. The summed E-state index contributed by atoms with van der Waals surface area (Å²) in [6, 6.07) is 16.9. The van der Waals surface area contributed by atoms with Gasteiger partial charge < -0.3 is 39.7 Å². The molecule has 516 valence electrons. The number of carbonyl (C=O) groups excluding carboxylic acids is 6. The third-order valence-corrected chi connectivity index (χ3v) is 17.4. The number of para-hydroxylation sites is 3. The molecule has 5 aromatic rings. The minimum Gasteiger partial charge on any atom is -0.489 e. The number of hydrogen-bond acceptors (Lipinski definition) is 17. The van der Waals surface area contributed by atoms with Crippen LogP contribution in [0.2, 0.25) is 5.02 Å². The number of anilines is 2. The smallest absolute Gasteiger partial charge is 0.434 e. The van der Waals surface area contributed by atoms with Crippen molar-refractivity contribution in [3.63, 3.8) is 0 Å². The Morgan fingerprint density at radius 2 is 1.62 bits per heavy atom. The third-order valence-electron chi connectivity index (χ3n) is 13.6. The number of aliphatic carboxylic acids is 1. The van der Waals surface area contributed by atoms with Gasteiger partial charge in [0, 0.05) is 57.7 Å². The third kappa shape index (κ3) is 22.9. The van der Waals surface area contributed by atoms with Gasteiger partial charge in [0.2, 0.25) is 5.91 Å². The number of carboxylic acids is 1. The van der Waals surface area contributed by atoms with E-state index >= 15 is 0 Å². The number of Topliss-reactive ketones (excluding diaryl/α,β-unsaturated/α-hetero) is 3. The van der Waals surface area contributed by atoms with Gasteiger partial charge >= 0.3 is 18.1 Å². The van der Waals surface area contributed by atoms with Crippen LogP contribution in [-0.4, -0.2) is 149 Å². The zero-order valence-corrected chi connectivity index (χ0v) is 58.7. The summed E-state index contributed by atoms with van der Waals surface area (Å²) in [6.07, 6.45) is -2.90. The number of sulfone groups is 1. The van der Waals surface area contributed by atoms with Gasteiger partial charge in [0.25, 0.3) is 11.6 Å². The zero-order valence-electron chi connectivity index (χ0n) is 52.3. The summed E-state index contributed by atoms with van der Waals surface area (Å²) < 4.78 is 103. The van der Waals surface area contributed by atoms with Crippen LogP contribution in [0.4, 0.5) is 34.6 Å². The van der Waals surface area contributed by atoms with Crippen LogP contribution in [0, 0.1) is 28.8 Å². The quantitative estimate of drug-likeness (QED) is 0.0107. The summed E-state index contributed by atoms with van der Waals surface area (Å²) in [6.45, 7) is 13.3. The minimum atomic E-state index is -4.69. The van der Waals surface area contributed by atoms with Crippen molar-refractivity contribution in [3.8, 4) is 17.0 Å². The monoisotopic (exact) mass is 1500 g/mol. The Hall–Kier alpha value is -6.40. The molecule has 2 amide bonds. The Morgan fingerprint density at radius 1 is 1.01 bits per heavy atom. The normalized spacial score (nSPS) is 15.1. The van der Waals surface area contributed by atoms with Crippen molar-refractivity contribution in [1.29, 1.82) is 0 Å². The molecular formula is C60H70BrCl4F4N6O17PS. The Morgan fingerprint density at radius 3 is 2.12 bits per heavy atom. The number of carboxylic acid groups (broad SMARTS) is 1. The molecule has 0 saturated heterocycles. The molecule has 0 radical (unpaired) electrons. The summed E-state index contributed by atoms with van der Waals surface area (Å²) in [7, 11) is -4.08. The molecule has 7 rings (SSSR count). The molecule has 1 fully saturated rings. The number of fused-ring (bicyclic) bond motifs is 1. The van der Waals surface area contributed by atoms with E-state index < -0.39 is 108 Å². The Kier molecular flexibility index (Phi) is 31.4. The molecule has 0 spiro atoms. The Bertz CT molecular complexity index is 3750. The second-order valence-corrected chi connectivity index (χ2v) is 28.6. The van der Waals surface area contributed by atoms with Crippen molar-refractivity contribution in [2.24, 2.45) is 18.7 Å². The predicted molar refractivity (Wildman–Crippen MR) is 350 cm³/mol. The molecule has 1 aromatic heterocycles. The van der Waals surface area contributed by atoms with Crippen LogP contribution in [0.1, 0.15) is 97.8 Å². The molecular weight excluding hydrogens is 1440 g/mol. The molecule has 4 atom stereocenters. The lowest BCUT2D eigenvalue weighted by molar-refractivity contribution is -0.385. The highest BCUT2D eigenvalue weighted by Gasteiger charge is 2.41. The average molecular weight is 1510 g/mol. The van der Waals surface area contributed by atoms with Gasteiger partial charge in [-0.3, -0.25) is 48.1 Å².